The monoisotopic (exact) mass is 510 g/mol. The molecule has 0 amide bonds. The van der Waals surface area contributed by atoms with Gasteiger partial charge >= 0.3 is 48.0 Å². The predicted octanol–water partition coefficient (Wildman–Crippen LogP) is 5.30. The fraction of sp³-hybridized carbons (Fsp3) is 0.857. The Morgan fingerprint density at radius 1 is 0.469 bits per heavy atom. The van der Waals surface area contributed by atoms with Crippen LogP contribution in [0.1, 0.15) is 25.7 Å². The van der Waals surface area contributed by atoms with Crippen molar-refractivity contribution in [2.24, 2.45) is 0 Å². The highest BCUT2D eigenvalue weighted by molar-refractivity contribution is 5.79. The van der Waals surface area contributed by atoms with Crippen LogP contribution in [0.2, 0.25) is 0 Å². The third kappa shape index (κ3) is 6.26. The summed E-state index contributed by atoms with van der Waals surface area (Å²) in [7, 11) is 0. The van der Waals surface area contributed by atoms with Gasteiger partial charge < -0.3 is 9.47 Å². The molecule has 0 N–H and O–H groups in total. The van der Waals surface area contributed by atoms with Crippen LogP contribution in [0.25, 0.3) is 0 Å². The van der Waals surface area contributed by atoms with Gasteiger partial charge in [-0.15, -0.1) is 0 Å². The third-order valence-electron chi connectivity index (χ3n) is 3.52. The molecule has 32 heavy (non-hydrogen) atoms. The second kappa shape index (κ2) is 9.84. The molecule has 0 fully saturated rings. The quantitative estimate of drug-likeness (QED) is 0.215. The second-order valence-electron chi connectivity index (χ2n) is 5.98. The standard InChI is InChI=1S/C14H12F14O4/c15-9(16,11(19,20)13(23,24)25)7(29)31-5-3-1-2-4-6-32-8(30)10(17,18)12(21,22)14(26,27)28/h1-6H2. The molecule has 190 valence electrons. The van der Waals surface area contributed by atoms with Crippen LogP contribution in [-0.4, -0.2) is 61.2 Å². The lowest BCUT2D eigenvalue weighted by Gasteiger charge is -2.26. The van der Waals surface area contributed by atoms with Crippen molar-refractivity contribution in [2.75, 3.05) is 13.2 Å². The Labute approximate surface area is 168 Å². The minimum absolute atomic E-state index is 0.221. The Bertz CT molecular complexity index is 597. The number of carbonyl (C=O) groups excluding carboxylic acids is 2. The molecular weight excluding hydrogens is 498 g/mol. The maximum Gasteiger partial charge on any atom is 0.460 e. The Morgan fingerprint density at radius 3 is 0.938 bits per heavy atom. The molecule has 0 saturated carbocycles. The average Bonchev–Trinajstić information content (AvgIpc) is 2.60. The van der Waals surface area contributed by atoms with E-state index in [1.54, 1.807) is 0 Å². The lowest BCUT2D eigenvalue weighted by atomic mass is 10.1. The normalized spacial score (nSPS) is 14.3. The van der Waals surface area contributed by atoms with Gasteiger partial charge in [-0.1, -0.05) is 0 Å². The number of rotatable bonds is 11. The maximum atomic E-state index is 12.9. The van der Waals surface area contributed by atoms with Crippen LogP contribution in [0.5, 0.6) is 0 Å². The Balaban J connectivity index is 4.36. The highest BCUT2D eigenvalue weighted by atomic mass is 19.4. The molecule has 0 aromatic carbocycles. The lowest BCUT2D eigenvalue weighted by molar-refractivity contribution is -0.348. The summed E-state index contributed by atoms with van der Waals surface area (Å²) in [5, 5.41) is 0. The van der Waals surface area contributed by atoms with Gasteiger partial charge in [-0.25, -0.2) is 9.59 Å². The molecule has 0 heterocycles. The molecule has 0 aliphatic rings. The number of alkyl halides is 14. The van der Waals surface area contributed by atoms with Gasteiger partial charge in [0.25, 0.3) is 0 Å². The van der Waals surface area contributed by atoms with Crippen LogP contribution >= 0.6 is 0 Å². The van der Waals surface area contributed by atoms with Crippen LogP contribution < -0.4 is 0 Å². The van der Waals surface area contributed by atoms with Gasteiger partial charge in [0.1, 0.15) is 0 Å². The highest BCUT2D eigenvalue weighted by Gasteiger charge is 2.78. The third-order valence-corrected chi connectivity index (χ3v) is 3.52. The van der Waals surface area contributed by atoms with Crippen LogP contribution in [-0.2, 0) is 19.1 Å². The van der Waals surface area contributed by atoms with E-state index in [0.29, 0.717) is 0 Å². The lowest BCUT2D eigenvalue weighted by Crippen LogP contribution is -2.56. The van der Waals surface area contributed by atoms with Gasteiger partial charge in [-0.2, -0.15) is 61.5 Å². The molecular formula is C14H12F14O4. The molecule has 0 aliphatic heterocycles. The summed E-state index contributed by atoms with van der Waals surface area (Å²) in [6.07, 6.45) is -14.9. The first-order valence-corrected chi connectivity index (χ1v) is 8.04. The molecule has 0 aromatic heterocycles. The van der Waals surface area contributed by atoms with Gasteiger partial charge in [-0.05, 0) is 25.7 Å². The van der Waals surface area contributed by atoms with Crippen LogP contribution in [0.3, 0.4) is 0 Å². The number of ether oxygens (including phenoxy) is 2. The van der Waals surface area contributed by atoms with Crippen molar-refractivity contribution in [1.29, 1.82) is 0 Å². The molecule has 4 nitrogen and oxygen atoms in total. The summed E-state index contributed by atoms with van der Waals surface area (Å²) < 4.78 is 181. The fourth-order valence-corrected chi connectivity index (χ4v) is 1.68. The molecule has 0 unspecified atom stereocenters. The first-order chi connectivity index (χ1) is 14.0. The Morgan fingerprint density at radius 2 is 0.719 bits per heavy atom. The predicted molar refractivity (Wildman–Crippen MR) is 72.3 cm³/mol. The van der Waals surface area contributed by atoms with Gasteiger partial charge in [0.2, 0.25) is 0 Å². The summed E-state index contributed by atoms with van der Waals surface area (Å²) >= 11 is 0. The minimum atomic E-state index is -6.76. The number of carbonyl (C=O) groups is 2. The van der Waals surface area contributed by atoms with Crippen molar-refractivity contribution >= 4 is 11.9 Å². The minimum Gasteiger partial charge on any atom is -0.461 e. The number of hydrogen-bond donors (Lipinski definition) is 0. The van der Waals surface area contributed by atoms with Crippen molar-refractivity contribution in [2.45, 2.75) is 61.7 Å². The van der Waals surface area contributed by atoms with Crippen LogP contribution in [0, 0.1) is 0 Å². The largest absolute Gasteiger partial charge is 0.461 e. The van der Waals surface area contributed by atoms with E-state index in [9.17, 15) is 71.1 Å². The summed E-state index contributed by atoms with van der Waals surface area (Å²) in [6, 6.07) is 0. The topological polar surface area (TPSA) is 52.6 Å². The number of hydrogen-bond acceptors (Lipinski definition) is 4. The smallest absolute Gasteiger partial charge is 0.460 e. The fourth-order valence-electron chi connectivity index (χ4n) is 1.68. The second-order valence-corrected chi connectivity index (χ2v) is 5.98. The Kier molecular flexibility index (Phi) is 9.22. The van der Waals surface area contributed by atoms with Crippen molar-refractivity contribution in [1.82, 2.24) is 0 Å². The highest BCUT2D eigenvalue weighted by Crippen LogP contribution is 2.48. The number of unbranched alkanes of at least 4 members (excludes halogenated alkanes) is 3. The molecule has 0 atom stereocenters. The van der Waals surface area contributed by atoms with Gasteiger partial charge in [0.05, 0.1) is 13.2 Å². The van der Waals surface area contributed by atoms with Crippen molar-refractivity contribution in [3.05, 3.63) is 0 Å². The first kappa shape index (κ1) is 30.0. The molecule has 0 radical (unpaired) electrons. The Hall–Kier alpha value is -2.04. The average molecular weight is 510 g/mol. The van der Waals surface area contributed by atoms with E-state index in [2.05, 4.69) is 9.47 Å². The van der Waals surface area contributed by atoms with Gasteiger partial charge in [0.15, 0.2) is 0 Å². The van der Waals surface area contributed by atoms with Crippen molar-refractivity contribution in [3.63, 3.8) is 0 Å². The SMILES string of the molecule is O=C(OCCCCCCOC(=O)C(F)(F)C(F)(F)C(F)(F)F)C(F)(F)C(F)(F)C(F)(F)F. The zero-order valence-electron chi connectivity index (χ0n) is 15.2. The molecule has 0 spiro atoms. The van der Waals surface area contributed by atoms with Crippen LogP contribution in [0.15, 0.2) is 0 Å². The molecule has 0 aliphatic carbocycles. The number of esters is 2. The zero-order chi connectivity index (χ0) is 25.8. The molecule has 0 aromatic rings. The van der Waals surface area contributed by atoms with Gasteiger partial charge in [0, 0.05) is 0 Å². The van der Waals surface area contributed by atoms with Gasteiger partial charge in [-0.3, -0.25) is 0 Å². The van der Waals surface area contributed by atoms with E-state index in [0.717, 1.165) is 0 Å². The van der Waals surface area contributed by atoms with Crippen molar-refractivity contribution < 1.29 is 80.5 Å². The summed E-state index contributed by atoms with van der Waals surface area (Å²) in [6.45, 7) is -2.17. The molecule has 18 heteroatoms. The first-order valence-electron chi connectivity index (χ1n) is 8.04. The van der Waals surface area contributed by atoms with E-state index in [-0.39, 0.29) is 12.8 Å². The van der Waals surface area contributed by atoms with Crippen LogP contribution in [0.4, 0.5) is 61.5 Å². The van der Waals surface area contributed by atoms with E-state index in [4.69, 9.17) is 0 Å². The molecule has 0 rings (SSSR count). The summed E-state index contributed by atoms with van der Waals surface area (Å²) in [5.74, 6) is -32.3. The molecule has 0 saturated heterocycles. The van der Waals surface area contributed by atoms with E-state index in [1.807, 2.05) is 0 Å². The molecule has 0 bridgehead atoms. The summed E-state index contributed by atoms with van der Waals surface area (Å²) in [4.78, 5) is 21.6. The number of halogens is 14. The maximum absolute atomic E-state index is 12.9. The zero-order valence-corrected chi connectivity index (χ0v) is 15.2. The van der Waals surface area contributed by atoms with E-state index in [1.165, 1.54) is 0 Å². The van der Waals surface area contributed by atoms with E-state index >= 15 is 0 Å². The van der Waals surface area contributed by atoms with Crippen molar-refractivity contribution in [3.8, 4) is 0 Å². The van der Waals surface area contributed by atoms with E-state index < -0.39 is 74.0 Å². The summed E-state index contributed by atoms with van der Waals surface area (Å²) in [5.41, 5.74) is 0.